The molecule has 4 heteroatoms. The Bertz CT molecular complexity index is 448. The Hall–Kier alpha value is -1.29. The van der Waals surface area contributed by atoms with Gasteiger partial charge in [0.15, 0.2) is 0 Å². The zero-order chi connectivity index (χ0) is 14.7. The average Bonchev–Trinajstić information content (AvgIpc) is 2.81. The first-order valence-electron chi connectivity index (χ1n) is 7.68. The largest absolute Gasteiger partial charge is 0.340 e. The van der Waals surface area contributed by atoms with Crippen LogP contribution in [0.3, 0.4) is 0 Å². The van der Waals surface area contributed by atoms with Gasteiger partial charge in [0, 0.05) is 31.9 Å². The second-order valence-electron chi connectivity index (χ2n) is 6.31. The Morgan fingerprint density at radius 1 is 1.50 bits per heavy atom. The Morgan fingerprint density at radius 3 is 2.75 bits per heavy atom. The number of nitrogens with zero attached hydrogens (tertiary/aromatic N) is 2. The second-order valence-corrected chi connectivity index (χ2v) is 6.31. The molecule has 1 aliphatic rings. The molecule has 0 bridgehead atoms. The molecule has 112 valence electrons. The summed E-state index contributed by atoms with van der Waals surface area (Å²) in [7, 11) is 1.87. The van der Waals surface area contributed by atoms with E-state index < -0.39 is 0 Å². The van der Waals surface area contributed by atoms with E-state index in [0.29, 0.717) is 18.5 Å². The summed E-state index contributed by atoms with van der Waals surface area (Å²) in [6.07, 6.45) is 6.54. The van der Waals surface area contributed by atoms with Crippen LogP contribution in [0.5, 0.6) is 0 Å². The zero-order valence-corrected chi connectivity index (χ0v) is 12.9. The summed E-state index contributed by atoms with van der Waals surface area (Å²) in [6, 6.07) is 4.58. The van der Waals surface area contributed by atoms with Crippen molar-refractivity contribution in [3.63, 3.8) is 0 Å². The molecule has 1 amide bonds. The van der Waals surface area contributed by atoms with Gasteiger partial charge in [-0.2, -0.15) is 0 Å². The number of hydrogen-bond donors (Lipinski definition) is 1. The van der Waals surface area contributed by atoms with Crippen molar-refractivity contribution in [2.24, 2.45) is 11.7 Å². The molecular weight excluding hydrogens is 250 g/mol. The van der Waals surface area contributed by atoms with Crippen molar-refractivity contribution in [3.8, 4) is 0 Å². The molecule has 0 spiro atoms. The van der Waals surface area contributed by atoms with Crippen molar-refractivity contribution < 1.29 is 4.79 Å². The van der Waals surface area contributed by atoms with Gasteiger partial charge >= 0.3 is 0 Å². The minimum atomic E-state index is 0.109. The highest BCUT2D eigenvalue weighted by Crippen LogP contribution is 2.32. The van der Waals surface area contributed by atoms with Crippen LogP contribution in [-0.4, -0.2) is 35.0 Å². The molecule has 1 aromatic rings. The van der Waals surface area contributed by atoms with Gasteiger partial charge in [0.2, 0.25) is 0 Å². The van der Waals surface area contributed by atoms with Gasteiger partial charge in [-0.25, -0.2) is 0 Å². The van der Waals surface area contributed by atoms with E-state index in [0.717, 1.165) is 12.1 Å². The topological polar surface area (TPSA) is 51.3 Å². The molecule has 0 aromatic carbocycles. The molecular formula is C16H27N3O. The predicted molar refractivity (Wildman–Crippen MR) is 81.7 cm³/mol. The fraction of sp³-hybridized carbons (Fsp3) is 0.688. The van der Waals surface area contributed by atoms with E-state index in [4.69, 9.17) is 5.73 Å². The van der Waals surface area contributed by atoms with Gasteiger partial charge in [-0.1, -0.05) is 13.8 Å². The lowest BCUT2D eigenvalue weighted by Crippen LogP contribution is -2.36. The van der Waals surface area contributed by atoms with E-state index in [2.05, 4.69) is 18.4 Å². The third-order valence-electron chi connectivity index (χ3n) is 4.47. The van der Waals surface area contributed by atoms with E-state index in [1.54, 1.807) is 4.90 Å². The molecule has 2 N–H and O–H groups in total. The molecule has 1 atom stereocenters. The van der Waals surface area contributed by atoms with Gasteiger partial charge in [-0.3, -0.25) is 4.79 Å². The number of rotatable bonds is 6. The van der Waals surface area contributed by atoms with Crippen molar-refractivity contribution in [2.75, 3.05) is 13.6 Å². The first-order chi connectivity index (χ1) is 9.50. The van der Waals surface area contributed by atoms with Crippen LogP contribution in [0.1, 0.15) is 56.1 Å². The summed E-state index contributed by atoms with van der Waals surface area (Å²) in [5, 5.41) is 0. The van der Waals surface area contributed by atoms with Crippen LogP contribution in [0, 0.1) is 5.92 Å². The average molecular weight is 277 g/mol. The fourth-order valence-corrected chi connectivity index (χ4v) is 2.53. The molecule has 2 rings (SSSR count). The molecule has 0 aliphatic heterocycles. The van der Waals surface area contributed by atoms with Crippen molar-refractivity contribution in [3.05, 3.63) is 24.0 Å². The maximum absolute atomic E-state index is 12.5. The highest BCUT2D eigenvalue weighted by atomic mass is 16.2. The van der Waals surface area contributed by atoms with Crippen molar-refractivity contribution >= 4 is 5.91 Å². The predicted octanol–water partition coefficient (Wildman–Crippen LogP) is 2.66. The van der Waals surface area contributed by atoms with Crippen molar-refractivity contribution in [1.82, 2.24) is 9.47 Å². The Labute approximate surface area is 121 Å². The lowest BCUT2D eigenvalue weighted by Gasteiger charge is -2.30. The van der Waals surface area contributed by atoms with Crippen molar-refractivity contribution in [2.45, 2.75) is 51.6 Å². The quantitative estimate of drug-likeness (QED) is 0.869. The van der Waals surface area contributed by atoms with E-state index in [-0.39, 0.29) is 11.9 Å². The normalized spacial score (nSPS) is 17.1. The van der Waals surface area contributed by atoms with Crippen molar-refractivity contribution in [1.29, 1.82) is 0 Å². The van der Waals surface area contributed by atoms with Crippen LogP contribution < -0.4 is 5.73 Å². The first kappa shape index (κ1) is 15.1. The van der Waals surface area contributed by atoms with Gasteiger partial charge in [0.1, 0.15) is 5.69 Å². The summed E-state index contributed by atoms with van der Waals surface area (Å²) < 4.78 is 2.14. The minimum Gasteiger partial charge on any atom is -0.340 e. The van der Waals surface area contributed by atoms with E-state index in [1.807, 2.05) is 25.4 Å². The standard InChI is InChI=1S/C16H27N3O/c1-12(2)14(17)9-11-18(3)16(20)15-8-5-10-19(15)13-6-4-7-13/h5,8,10,12-14H,4,6-7,9,11,17H2,1-3H3. The molecule has 1 unspecified atom stereocenters. The van der Waals surface area contributed by atoms with Gasteiger partial charge in [0.25, 0.3) is 5.91 Å². The Morgan fingerprint density at radius 2 is 2.20 bits per heavy atom. The summed E-state index contributed by atoms with van der Waals surface area (Å²) in [5.41, 5.74) is 6.86. The van der Waals surface area contributed by atoms with Crippen LogP contribution in [0.25, 0.3) is 0 Å². The van der Waals surface area contributed by atoms with Gasteiger partial charge in [0.05, 0.1) is 0 Å². The number of nitrogens with two attached hydrogens (primary N) is 1. The minimum absolute atomic E-state index is 0.109. The molecule has 4 nitrogen and oxygen atoms in total. The summed E-state index contributed by atoms with van der Waals surface area (Å²) >= 11 is 0. The highest BCUT2D eigenvalue weighted by Gasteiger charge is 2.24. The SMILES string of the molecule is CC(C)C(N)CCN(C)C(=O)c1cccn1C1CCC1. The van der Waals surface area contributed by atoms with Crippen LogP contribution >= 0.6 is 0 Å². The molecule has 20 heavy (non-hydrogen) atoms. The smallest absolute Gasteiger partial charge is 0.270 e. The summed E-state index contributed by atoms with van der Waals surface area (Å²) in [6.45, 7) is 4.95. The highest BCUT2D eigenvalue weighted by molar-refractivity contribution is 5.92. The molecule has 0 radical (unpaired) electrons. The number of amides is 1. The maximum atomic E-state index is 12.5. The fourth-order valence-electron chi connectivity index (χ4n) is 2.53. The van der Waals surface area contributed by atoms with Crippen LogP contribution in [-0.2, 0) is 0 Å². The van der Waals surface area contributed by atoms with Crippen LogP contribution in [0.15, 0.2) is 18.3 Å². The van der Waals surface area contributed by atoms with Crippen LogP contribution in [0.2, 0.25) is 0 Å². The van der Waals surface area contributed by atoms with Gasteiger partial charge in [-0.15, -0.1) is 0 Å². The maximum Gasteiger partial charge on any atom is 0.270 e. The van der Waals surface area contributed by atoms with E-state index >= 15 is 0 Å². The monoisotopic (exact) mass is 277 g/mol. The summed E-state index contributed by atoms with van der Waals surface area (Å²) in [5.74, 6) is 0.565. The molecule has 1 aromatic heterocycles. The third kappa shape index (κ3) is 3.23. The summed E-state index contributed by atoms with van der Waals surface area (Å²) in [4.78, 5) is 14.3. The number of hydrogen-bond acceptors (Lipinski definition) is 2. The zero-order valence-electron chi connectivity index (χ0n) is 12.9. The molecule has 1 saturated carbocycles. The number of carbonyl (C=O) groups excluding carboxylic acids is 1. The molecule has 1 fully saturated rings. The van der Waals surface area contributed by atoms with Gasteiger partial charge in [-0.05, 0) is 43.7 Å². The Balaban J connectivity index is 1.95. The van der Waals surface area contributed by atoms with Crippen LogP contribution in [0.4, 0.5) is 0 Å². The molecule has 1 heterocycles. The van der Waals surface area contributed by atoms with E-state index in [1.165, 1.54) is 19.3 Å². The number of carbonyl (C=O) groups is 1. The third-order valence-corrected chi connectivity index (χ3v) is 4.47. The Kier molecular flexibility index (Phi) is 4.86. The second kappa shape index (κ2) is 6.44. The number of aromatic nitrogens is 1. The van der Waals surface area contributed by atoms with Gasteiger partial charge < -0.3 is 15.2 Å². The first-order valence-corrected chi connectivity index (χ1v) is 7.68. The lowest BCUT2D eigenvalue weighted by molar-refractivity contribution is 0.0772. The van der Waals surface area contributed by atoms with E-state index in [9.17, 15) is 4.79 Å². The lowest BCUT2D eigenvalue weighted by atomic mass is 9.93. The molecule has 0 saturated heterocycles. The molecule has 1 aliphatic carbocycles.